The summed E-state index contributed by atoms with van der Waals surface area (Å²) in [5, 5.41) is 10.1. The van der Waals surface area contributed by atoms with Crippen LogP contribution in [0.5, 0.6) is 0 Å². The van der Waals surface area contributed by atoms with E-state index in [1.54, 1.807) is 4.90 Å². The zero-order chi connectivity index (χ0) is 27.0. The number of carboxylic acids is 1. The van der Waals surface area contributed by atoms with Crippen LogP contribution >= 0.6 is 0 Å². The number of fused-ring (bicyclic) bond motifs is 1. The minimum Gasteiger partial charge on any atom is -0.477 e. The van der Waals surface area contributed by atoms with Crippen LogP contribution in [0.25, 0.3) is 0 Å². The number of nitrogens with zero attached hydrogens (tertiary/aromatic N) is 2. The molecule has 3 rings (SSSR count). The van der Waals surface area contributed by atoms with Gasteiger partial charge in [0.15, 0.2) is 9.04 Å². The number of carboxylic acid groups (broad SMARTS) is 1. The van der Waals surface area contributed by atoms with Gasteiger partial charge in [-0.15, -0.1) is 0 Å². The lowest BCUT2D eigenvalue weighted by atomic mass is 9.63. The smallest absolute Gasteiger partial charge is 0.410 e. The van der Waals surface area contributed by atoms with E-state index in [2.05, 4.69) is 40.4 Å². The minimum atomic E-state index is -1.49. The monoisotopic (exact) mass is 518 g/mol. The van der Waals surface area contributed by atoms with Crippen LogP contribution in [0.1, 0.15) is 60.3 Å². The summed E-state index contributed by atoms with van der Waals surface area (Å²) in [5.74, 6) is -1.69. The molecule has 1 unspecified atom stereocenters. The molecule has 0 radical (unpaired) electrons. The molecule has 200 valence electrons. The van der Waals surface area contributed by atoms with Gasteiger partial charge in [0.05, 0.1) is 23.6 Å². The summed E-state index contributed by atoms with van der Waals surface area (Å²) in [4.78, 5) is 41.6. The molecule has 0 aromatic heterocycles. The van der Waals surface area contributed by atoms with Gasteiger partial charge in [0, 0.05) is 6.54 Å². The zero-order valence-corrected chi connectivity index (χ0v) is 24.0. The van der Waals surface area contributed by atoms with Gasteiger partial charge in [0.2, 0.25) is 5.91 Å². The first kappa shape index (κ1) is 28.2. The first-order chi connectivity index (χ1) is 16.7. The van der Waals surface area contributed by atoms with Crippen LogP contribution in [-0.2, 0) is 18.8 Å². The van der Waals surface area contributed by atoms with Crippen LogP contribution in [0.15, 0.2) is 35.6 Å². The first-order valence-corrected chi connectivity index (χ1v) is 15.7. The number of ether oxygens (including phenoxy) is 1. The molecule has 3 aliphatic heterocycles. The molecule has 4 atom stereocenters. The van der Waals surface area contributed by atoms with Crippen molar-refractivity contribution in [2.24, 2.45) is 11.3 Å². The van der Waals surface area contributed by atoms with Gasteiger partial charge in [-0.2, -0.15) is 0 Å². The largest absolute Gasteiger partial charge is 0.477 e. The standard InChI is InChI=1S/C27H42N2O6Si/c1-9-14-34-25(33)28-13-11-10-12-18(28)15-17(2)19-16-20-21(23(30)29(20)22(19)24(31)32)27(6,26(3,4)5)35-36(7)8/h9,15,18,20-21,36H,1,10-14,16H2,2-8H3,(H,31,32)/b17-15+/t18?,20-,21-,27-/m1/s1. The Balaban J connectivity index is 1.93. The molecular formula is C27H42N2O6Si. The summed E-state index contributed by atoms with van der Waals surface area (Å²) in [6.45, 7) is 18.6. The molecule has 2 fully saturated rings. The van der Waals surface area contributed by atoms with Gasteiger partial charge >= 0.3 is 12.1 Å². The Labute approximate surface area is 216 Å². The number of piperidine rings is 1. The predicted molar refractivity (Wildman–Crippen MR) is 141 cm³/mol. The Kier molecular flexibility index (Phi) is 8.25. The van der Waals surface area contributed by atoms with Gasteiger partial charge in [-0.1, -0.05) is 39.5 Å². The Morgan fingerprint density at radius 1 is 1.22 bits per heavy atom. The van der Waals surface area contributed by atoms with E-state index in [1.807, 2.05) is 19.9 Å². The van der Waals surface area contributed by atoms with E-state index in [1.165, 1.54) is 11.0 Å². The number of amides is 2. The lowest BCUT2D eigenvalue weighted by Gasteiger charge is -2.57. The second kappa shape index (κ2) is 10.5. The Hall–Kier alpha value is -2.39. The number of rotatable bonds is 8. The molecular weight excluding hydrogens is 476 g/mol. The molecule has 0 aromatic carbocycles. The Bertz CT molecular complexity index is 981. The van der Waals surface area contributed by atoms with Crippen molar-refractivity contribution in [2.75, 3.05) is 13.2 Å². The van der Waals surface area contributed by atoms with Crippen molar-refractivity contribution < 1.29 is 28.7 Å². The average molecular weight is 519 g/mol. The fourth-order valence-corrected chi connectivity index (χ4v) is 7.31. The Morgan fingerprint density at radius 2 is 1.89 bits per heavy atom. The number of β-lactam (4-membered cyclic amide) rings is 1. The van der Waals surface area contributed by atoms with Crippen LogP contribution in [-0.4, -0.2) is 72.8 Å². The molecule has 0 saturated carbocycles. The van der Waals surface area contributed by atoms with Crippen molar-refractivity contribution in [1.29, 1.82) is 0 Å². The van der Waals surface area contributed by atoms with Crippen molar-refractivity contribution >= 4 is 27.0 Å². The van der Waals surface area contributed by atoms with E-state index in [-0.39, 0.29) is 35.7 Å². The van der Waals surface area contributed by atoms with Gasteiger partial charge in [-0.25, -0.2) is 9.59 Å². The summed E-state index contributed by atoms with van der Waals surface area (Å²) in [6.07, 6.45) is 6.22. The van der Waals surface area contributed by atoms with Gasteiger partial charge < -0.3 is 24.1 Å². The first-order valence-electron chi connectivity index (χ1n) is 12.9. The number of hydrogen-bond donors (Lipinski definition) is 1. The number of carbonyl (C=O) groups excluding carboxylic acids is 2. The third-order valence-electron chi connectivity index (χ3n) is 7.95. The lowest BCUT2D eigenvalue weighted by molar-refractivity contribution is -0.180. The minimum absolute atomic E-state index is 0.0599. The SMILES string of the molecule is C=CCOC(=O)N1CCCCC1/C=C(\C)C1=C(C(=O)O)N2C(=O)[C@H]([C@@](C)(O[SiH](C)C)C(C)(C)C)[C@H]2C1. The molecule has 0 aliphatic carbocycles. The molecule has 0 aromatic rings. The molecule has 8 nitrogen and oxygen atoms in total. The van der Waals surface area contributed by atoms with Crippen LogP contribution in [0.3, 0.4) is 0 Å². The van der Waals surface area contributed by atoms with E-state index in [0.717, 1.165) is 24.8 Å². The van der Waals surface area contributed by atoms with Crippen molar-refractivity contribution in [2.45, 2.75) is 91.1 Å². The van der Waals surface area contributed by atoms with Crippen molar-refractivity contribution in [1.82, 2.24) is 9.80 Å². The van der Waals surface area contributed by atoms with Crippen LogP contribution in [0, 0.1) is 11.3 Å². The number of aliphatic carboxylic acids is 1. The van der Waals surface area contributed by atoms with Crippen LogP contribution in [0.2, 0.25) is 13.1 Å². The van der Waals surface area contributed by atoms with Gasteiger partial charge in [-0.05, 0) is 69.2 Å². The molecule has 36 heavy (non-hydrogen) atoms. The molecule has 3 aliphatic rings. The van der Waals surface area contributed by atoms with E-state index >= 15 is 0 Å². The Morgan fingerprint density at radius 3 is 2.44 bits per heavy atom. The highest BCUT2D eigenvalue weighted by Crippen LogP contribution is 2.53. The number of allylic oxidation sites excluding steroid dienone is 1. The highest BCUT2D eigenvalue weighted by Gasteiger charge is 2.64. The molecule has 9 heteroatoms. The van der Waals surface area contributed by atoms with E-state index in [9.17, 15) is 19.5 Å². The van der Waals surface area contributed by atoms with Gasteiger partial charge in [0.1, 0.15) is 12.3 Å². The number of carbonyl (C=O) groups is 3. The predicted octanol–water partition coefficient (Wildman–Crippen LogP) is 4.48. The summed E-state index contributed by atoms with van der Waals surface area (Å²) in [7, 11) is -1.49. The second-order valence-corrected chi connectivity index (χ2v) is 13.9. The van der Waals surface area contributed by atoms with Crippen molar-refractivity contribution in [3.63, 3.8) is 0 Å². The highest BCUT2D eigenvalue weighted by molar-refractivity contribution is 6.48. The molecule has 3 heterocycles. The third kappa shape index (κ3) is 5.05. The molecule has 0 bridgehead atoms. The van der Waals surface area contributed by atoms with Gasteiger partial charge in [0.25, 0.3) is 0 Å². The maximum absolute atomic E-state index is 13.5. The quantitative estimate of drug-likeness (QED) is 0.289. The van der Waals surface area contributed by atoms with Crippen molar-refractivity contribution in [3.8, 4) is 0 Å². The zero-order valence-electron chi connectivity index (χ0n) is 22.8. The highest BCUT2D eigenvalue weighted by atomic mass is 28.3. The van der Waals surface area contributed by atoms with Crippen molar-refractivity contribution in [3.05, 3.63) is 35.6 Å². The molecule has 1 N–H and O–H groups in total. The summed E-state index contributed by atoms with van der Waals surface area (Å²) < 4.78 is 11.8. The number of hydrogen-bond acceptors (Lipinski definition) is 5. The summed E-state index contributed by atoms with van der Waals surface area (Å²) in [6, 6.07) is -0.438. The van der Waals surface area contributed by atoms with Gasteiger partial charge in [-0.3, -0.25) is 4.79 Å². The second-order valence-electron chi connectivity index (χ2n) is 11.6. The van der Waals surface area contributed by atoms with Crippen LogP contribution < -0.4 is 0 Å². The third-order valence-corrected chi connectivity index (χ3v) is 8.91. The average Bonchev–Trinajstić information content (AvgIpc) is 3.12. The number of likely N-dealkylation sites (tertiary alicyclic amines) is 1. The summed E-state index contributed by atoms with van der Waals surface area (Å²) >= 11 is 0. The maximum Gasteiger partial charge on any atom is 0.410 e. The van der Waals surface area contributed by atoms with E-state index in [4.69, 9.17) is 9.16 Å². The van der Waals surface area contributed by atoms with E-state index < -0.39 is 32.6 Å². The fraction of sp³-hybridized carbons (Fsp3) is 0.667. The normalized spacial score (nSPS) is 26.5. The molecule has 2 amide bonds. The maximum atomic E-state index is 13.5. The fourth-order valence-electron chi connectivity index (χ4n) is 5.83. The molecule has 0 spiro atoms. The van der Waals surface area contributed by atoms with E-state index in [0.29, 0.717) is 18.5 Å². The molecule has 2 saturated heterocycles. The topological polar surface area (TPSA) is 96.4 Å². The van der Waals surface area contributed by atoms with Crippen LogP contribution in [0.4, 0.5) is 4.79 Å². The lowest BCUT2D eigenvalue weighted by Crippen LogP contribution is -2.70. The summed E-state index contributed by atoms with van der Waals surface area (Å²) in [5.41, 5.74) is 0.508.